The Balaban J connectivity index is 1.31. The first-order chi connectivity index (χ1) is 16.2. The van der Waals surface area contributed by atoms with Crippen LogP contribution in [0, 0.1) is 0 Å². The number of carbonyl (C=O) groups is 1. The molecule has 2 saturated heterocycles. The summed E-state index contributed by atoms with van der Waals surface area (Å²) in [6.45, 7) is 6.60. The van der Waals surface area contributed by atoms with Crippen LogP contribution in [-0.4, -0.2) is 57.5 Å². The van der Waals surface area contributed by atoms with Gasteiger partial charge in [-0.2, -0.15) is 0 Å². The van der Waals surface area contributed by atoms with Gasteiger partial charge < -0.3 is 14.4 Å². The summed E-state index contributed by atoms with van der Waals surface area (Å²) in [6.07, 6.45) is 6.08. The van der Waals surface area contributed by atoms with Gasteiger partial charge in [0.1, 0.15) is 5.69 Å². The summed E-state index contributed by atoms with van der Waals surface area (Å²) in [7, 11) is 0. The molecule has 2 aliphatic rings. The molecule has 0 atom stereocenters. The number of likely N-dealkylation sites (tertiary alicyclic amines) is 2. The van der Waals surface area contributed by atoms with E-state index in [1.54, 1.807) is 4.57 Å². The van der Waals surface area contributed by atoms with Crippen LogP contribution in [0.1, 0.15) is 49.4 Å². The maximum Gasteiger partial charge on any atom is 0.277 e. The number of rotatable bonds is 4. The number of benzene rings is 2. The first-order valence-electron chi connectivity index (χ1n) is 12.3. The lowest BCUT2D eigenvalue weighted by Crippen LogP contribution is -2.48. The number of aryl methyl sites for hydroxylation is 1. The number of amides is 1. The predicted octanol–water partition coefficient (Wildman–Crippen LogP) is 4.17. The van der Waals surface area contributed by atoms with E-state index in [0.29, 0.717) is 23.8 Å². The third-order valence-electron chi connectivity index (χ3n) is 7.23. The minimum Gasteiger partial charge on any atom is -0.339 e. The number of fused-ring (bicyclic) bond motifs is 1. The molecule has 2 aromatic carbocycles. The van der Waals surface area contributed by atoms with E-state index in [0.717, 1.165) is 42.5 Å². The summed E-state index contributed by atoms with van der Waals surface area (Å²) in [6, 6.07) is 15.7. The Labute approximate surface area is 194 Å². The van der Waals surface area contributed by atoms with Gasteiger partial charge in [0.05, 0.1) is 11.0 Å². The SMILES string of the molecule is CCn1c(=O)c(-c2ccc(C(=O)N3CCC(N4CCCCC4)CC3)cc2)nc2ccccc21. The zero-order valence-corrected chi connectivity index (χ0v) is 19.4. The van der Waals surface area contributed by atoms with Gasteiger partial charge >= 0.3 is 0 Å². The molecule has 0 radical (unpaired) electrons. The molecule has 33 heavy (non-hydrogen) atoms. The van der Waals surface area contributed by atoms with Crippen LogP contribution in [-0.2, 0) is 6.54 Å². The first-order valence-corrected chi connectivity index (χ1v) is 12.3. The van der Waals surface area contributed by atoms with Gasteiger partial charge in [0.25, 0.3) is 11.5 Å². The third kappa shape index (κ3) is 4.32. The number of nitrogens with zero attached hydrogens (tertiary/aromatic N) is 4. The molecule has 0 bridgehead atoms. The van der Waals surface area contributed by atoms with Crippen LogP contribution >= 0.6 is 0 Å². The minimum atomic E-state index is -0.102. The highest BCUT2D eigenvalue weighted by Gasteiger charge is 2.28. The second-order valence-corrected chi connectivity index (χ2v) is 9.20. The van der Waals surface area contributed by atoms with Crippen molar-refractivity contribution in [2.24, 2.45) is 0 Å². The van der Waals surface area contributed by atoms with Crippen molar-refractivity contribution in [2.75, 3.05) is 26.2 Å². The van der Waals surface area contributed by atoms with Gasteiger partial charge in [-0.1, -0.05) is 30.7 Å². The van der Waals surface area contributed by atoms with Crippen molar-refractivity contribution in [2.45, 2.75) is 51.6 Å². The molecular weight excluding hydrogens is 412 g/mol. The molecule has 3 heterocycles. The average Bonchev–Trinajstić information content (AvgIpc) is 2.89. The molecule has 3 aromatic rings. The molecule has 5 rings (SSSR count). The topological polar surface area (TPSA) is 58.4 Å². The Kier molecular flexibility index (Phi) is 6.27. The van der Waals surface area contributed by atoms with Crippen molar-refractivity contribution in [3.05, 3.63) is 64.4 Å². The normalized spacial score (nSPS) is 18.0. The zero-order valence-electron chi connectivity index (χ0n) is 19.4. The maximum atomic E-state index is 13.1. The Bertz CT molecular complexity index is 1190. The van der Waals surface area contributed by atoms with Crippen LogP contribution in [0.15, 0.2) is 53.3 Å². The summed E-state index contributed by atoms with van der Waals surface area (Å²) in [5.74, 6) is 0.0797. The largest absolute Gasteiger partial charge is 0.339 e. The number of para-hydroxylation sites is 2. The second kappa shape index (κ2) is 9.48. The fourth-order valence-corrected chi connectivity index (χ4v) is 5.37. The predicted molar refractivity (Wildman–Crippen MR) is 131 cm³/mol. The van der Waals surface area contributed by atoms with Crippen molar-refractivity contribution in [3.63, 3.8) is 0 Å². The highest BCUT2D eigenvalue weighted by Crippen LogP contribution is 2.23. The van der Waals surface area contributed by atoms with Crippen molar-refractivity contribution in [1.29, 1.82) is 0 Å². The van der Waals surface area contributed by atoms with Crippen molar-refractivity contribution in [1.82, 2.24) is 19.4 Å². The zero-order chi connectivity index (χ0) is 22.8. The fourth-order valence-electron chi connectivity index (χ4n) is 5.37. The fraction of sp³-hybridized carbons (Fsp3) is 0.444. The van der Waals surface area contributed by atoms with Crippen molar-refractivity contribution >= 4 is 16.9 Å². The van der Waals surface area contributed by atoms with E-state index in [2.05, 4.69) is 9.88 Å². The molecule has 6 heteroatoms. The first kappa shape index (κ1) is 21.8. The lowest BCUT2D eigenvalue weighted by atomic mass is 9.99. The van der Waals surface area contributed by atoms with Gasteiger partial charge in [-0.15, -0.1) is 0 Å². The van der Waals surface area contributed by atoms with E-state index in [1.165, 1.54) is 32.4 Å². The molecule has 1 aromatic heterocycles. The summed E-state index contributed by atoms with van der Waals surface area (Å²) in [5, 5.41) is 0. The van der Waals surface area contributed by atoms with Crippen LogP contribution < -0.4 is 5.56 Å². The van der Waals surface area contributed by atoms with E-state index in [4.69, 9.17) is 0 Å². The number of hydrogen-bond acceptors (Lipinski definition) is 4. The molecule has 0 aliphatic carbocycles. The summed E-state index contributed by atoms with van der Waals surface area (Å²) in [5.41, 5.74) is 3.38. The van der Waals surface area contributed by atoms with Crippen molar-refractivity contribution in [3.8, 4) is 11.3 Å². The number of carbonyl (C=O) groups excluding carboxylic acids is 1. The van der Waals surface area contributed by atoms with E-state index in [9.17, 15) is 9.59 Å². The Morgan fingerprint density at radius 3 is 2.33 bits per heavy atom. The van der Waals surface area contributed by atoms with Crippen molar-refractivity contribution < 1.29 is 4.79 Å². The smallest absolute Gasteiger partial charge is 0.277 e. The maximum absolute atomic E-state index is 13.1. The average molecular weight is 445 g/mol. The Morgan fingerprint density at radius 2 is 1.64 bits per heavy atom. The summed E-state index contributed by atoms with van der Waals surface area (Å²) in [4.78, 5) is 35.4. The molecule has 2 fully saturated rings. The van der Waals surface area contributed by atoms with Gasteiger partial charge in [-0.05, 0) is 70.0 Å². The second-order valence-electron chi connectivity index (χ2n) is 9.20. The molecule has 0 unspecified atom stereocenters. The lowest BCUT2D eigenvalue weighted by molar-refractivity contribution is 0.0590. The molecule has 6 nitrogen and oxygen atoms in total. The van der Waals surface area contributed by atoms with E-state index in [-0.39, 0.29) is 11.5 Å². The van der Waals surface area contributed by atoms with Gasteiger partial charge in [-0.3, -0.25) is 9.59 Å². The molecule has 0 spiro atoms. The molecular formula is C27H32N4O2. The molecule has 172 valence electrons. The monoisotopic (exact) mass is 444 g/mol. The van der Waals surface area contributed by atoms with Crippen LogP contribution in [0.25, 0.3) is 22.3 Å². The van der Waals surface area contributed by atoms with Gasteiger partial charge in [0.2, 0.25) is 0 Å². The lowest BCUT2D eigenvalue weighted by Gasteiger charge is -2.40. The van der Waals surface area contributed by atoms with E-state index in [1.807, 2.05) is 60.4 Å². The molecule has 0 N–H and O–H groups in total. The minimum absolute atomic E-state index is 0.0797. The Morgan fingerprint density at radius 1 is 0.939 bits per heavy atom. The summed E-state index contributed by atoms with van der Waals surface area (Å²) < 4.78 is 1.75. The third-order valence-corrected chi connectivity index (χ3v) is 7.23. The van der Waals surface area contributed by atoms with Gasteiger partial charge in [0, 0.05) is 36.8 Å². The van der Waals surface area contributed by atoms with E-state index < -0.39 is 0 Å². The number of aromatic nitrogens is 2. The van der Waals surface area contributed by atoms with Crippen LogP contribution in [0.2, 0.25) is 0 Å². The highest BCUT2D eigenvalue weighted by atomic mass is 16.2. The summed E-state index contributed by atoms with van der Waals surface area (Å²) >= 11 is 0. The van der Waals surface area contributed by atoms with Gasteiger partial charge in [0.15, 0.2) is 0 Å². The standard InChI is InChI=1S/C27H32N4O2/c1-2-31-24-9-5-4-8-23(24)28-25(27(31)33)20-10-12-21(13-11-20)26(32)30-18-14-22(15-19-30)29-16-6-3-7-17-29/h4-5,8-13,22H,2-3,6-7,14-19H2,1H3. The molecule has 1 amide bonds. The highest BCUT2D eigenvalue weighted by molar-refractivity contribution is 5.94. The molecule has 0 saturated carbocycles. The Hall–Kier alpha value is -2.99. The number of hydrogen-bond donors (Lipinski definition) is 0. The van der Waals surface area contributed by atoms with Crippen LogP contribution in [0.5, 0.6) is 0 Å². The van der Waals surface area contributed by atoms with Crippen LogP contribution in [0.4, 0.5) is 0 Å². The van der Waals surface area contributed by atoms with Gasteiger partial charge in [-0.25, -0.2) is 4.98 Å². The van der Waals surface area contributed by atoms with Crippen LogP contribution in [0.3, 0.4) is 0 Å². The van der Waals surface area contributed by atoms with E-state index >= 15 is 0 Å². The quantitative estimate of drug-likeness (QED) is 0.606. The molecule has 2 aliphatic heterocycles. The number of piperidine rings is 2.